The van der Waals surface area contributed by atoms with Crippen LogP contribution in [0.4, 0.5) is 0 Å². The van der Waals surface area contributed by atoms with Crippen LogP contribution in [0.5, 0.6) is 0 Å². The van der Waals surface area contributed by atoms with Gasteiger partial charge < -0.3 is 14.2 Å². The number of allylic oxidation sites excluding steroid dienone is 3. The molecule has 0 spiro atoms. The summed E-state index contributed by atoms with van der Waals surface area (Å²) in [5, 5.41) is 0. The molecule has 4 nitrogen and oxygen atoms in total. The molecule has 1 aliphatic rings. The van der Waals surface area contributed by atoms with Crippen LogP contribution in [0.1, 0.15) is 64.7 Å². The molecule has 1 saturated heterocycles. The summed E-state index contributed by atoms with van der Waals surface area (Å²) >= 11 is 0. The minimum Gasteiger partial charge on any atom is -0.469 e. The van der Waals surface area contributed by atoms with Gasteiger partial charge in [0.1, 0.15) is 0 Å². The maximum atomic E-state index is 11.0. The number of hydrogen-bond donors (Lipinski definition) is 0. The molecule has 0 bridgehead atoms. The molecule has 23 heavy (non-hydrogen) atoms. The molecule has 0 radical (unpaired) electrons. The second kappa shape index (κ2) is 13.3. The van der Waals surface area contributed by atoms with E-state index in [-0.39, 0.29) is 18.4 Å². The third kappa shape index (κ3) is 10.3. The summed E-state index contributed by atoms with van der Waals surface area (Å²) in [7, 11) is 1.41. The first-order valence-corrected chi connectivity index (χ1v) is 8.93. The molecule has 0 amide bonds. The van der Waals surface area contributed by atoms with Crippen LogP contribution in [0.25, 0.3) is 0 Å². The van der Waals surface area contributed by atoms with Crippen molar-refractivity contribution in [2.45, 2.75) is 77.1 Å². The van der Waals surface area contributed by atoms with Crippen molar-refractivity contribution in [3.8, 4) is 0 Å². The molecule has 0 aliphatic carbocycles. The lowest BCUT2D eigenvalue weighted by Crippen LogP contribution is -2.12. The molecule has 0 N–H and O–H groups in total. The molecular weight excluding hydrogens is 292 g/mol. The van der Waals surface area contributed by atoms with Crippen molar-refractivity contribution < 1.29 is 19.0 Å². The van der Waals surface area contributed by atoms with Crippen molar-refractivity contribution in [3.63, 3.8) is 0 Å². The first-order chi connectivity index (χ1) is 11.3. The fourth-order valence-electron chi connectivity index (χ4n) is 2.49. The molecule has 0 aromatic carbocycles. The Bertz CT molecular complexity index is 362. The Morgan fingerprint density at radius 2 is 2.00 bits per heavy atom. The van der Waals surface area contributed by atoms with Crippen LogP contribution in [-0.2, 0) is 19.0 Å². The molecule has 0 aromatic rings. The van der Waals surface area contributed by atoms with Crippen LogP contribution in [0.2, 0.25) is 0 Å². The fourth-order valence-corrected chi connectivity index (χ4v) is 2.49. The van der Waals surface area contributed by atoms with Crippen molar-refractivity contribution in [3.05, 3.63) is 24.3 Å². The number of carbonyl (C=O) groups excluding carboxylic acids is 1. The minimum atomic E-state index is -0.257. The predicted molar refractivity (Wildman–Crippen MR) is 92.1 cm³/mol. The van der Waals surface area contributed by atoms with Crippen LogP contribution >= 0.6 is 0 Å². The number of ether oxygens (including phenoxy) is 3. The van der Waals surface area contributed by atoms with Gasteiger partial charge in [-0.15, -0.1) is 0 Å². The number of methoxy groups -OCH3 is 1. The minimum absolute atomic E-state index is 0.0804. The summed E-state index contributed by atoms with van der Waals surface area (Å²) in [5.74, 6) is -0.166. The topological polar surface area (TPSA) is 44.8 Å². The smallest absolute Gasteiger partial charge is 0.305 e. The number of esters is 1. The highest BCUT2D eigenvalue weighted by atomic mass is 16.7. The summed E-state index contributed by atoms with van der Waals surface area (Å²) in [6.45, 7) is 2.83. The van der Waals surface area contributed by atoms with Crippen LogP contribution in [-0.4, -0.2) is 32.1 Å². The normalized spacial score (nSPS) is 21.5. The highest BCUT2D eigenvalue weighted by Crippen LogP contribution is 2.17. The zero-order valence-corrected chi connectivity index (χ0v) is 14.7. The van der Waals surface area contributed by atoms with Crippen molar-refractivity contribution in [2.24, 2.45) is 0 Å². The average molecular weight is 324 g/mol. The first kappa shape index (κ1) is 19.9. The van der Waals surface area contributed by atoms with Gasteiger partial charge in [0.05, 0.1) is 19.8 Å². The molecular formula is C19H32O4. The van der Waals surface area contributed by atoms with Crippen molar-refractivity contribution in [1.29, 1.82) is 0 Å². The van der Waals surface area contributed by atoms with Crippen LogP contribution < -0.4 is 0 Å². The fraction of sp³-hybridized carbons (Fsp3) is 0.737. The molecule has 2 atom stereocenters. The SMILES string of the molecule is CCCCCCC/C=C/C=C/C1OCC(CCCC(=O)OC)O1. The monoisotopic (exact) mass is 324 g/mol. The van der Waals surface area contributed by atoms with E-state index < -0.39 is 0 Å². The van der Waals surface area contributed by atoms with Crippen LogP contribution in [0.15, 0.2) is 24.3 Å². The van der Waals surface area contributed by atoms with Crippen LogP contribution in [0.3, 0.4) is 0 Å². The summed E-state index contributed by atoms with van der Waals surface area (Å²) in [6.07, 6.45) is 17.8. The predicted octanol–water partition coefficient (Wildman–Crippen LogP) is 4.54. The zero-order valence-electron chi connectivity index (χ0n) is 14.7. The highest BCUT2D eigenvalue weighted by Gasteiger charge is 2.23. The maximum Gasteiger partial charge on any atom is 0.305 e. The van der Waals surface area contributed by atoms with Crippen molar-refractivity contribution in [2.75, 3.05) is 13.7 Å². The number of unbranched alkanes of at least 4 members (excludes halogenated alkanes) is 5. The molecule has 1 fully saturated rings. The van der Waals surface area contributed by atoms with E-state index in [2.05, 4.69) is 23.8 Å². The molecule has 1 rings (SSSR count). The van der Waals surface area contributed by atoms with Gasteiger partial charge in [0.2, 0.25) is 0 Å². The Labute approximate surface area is 140 Å². The summed E-state index contributed by atoms with van der Waals surface area (Å²) in [6, 6.07) is 0. The lowest BCUT2D eigenvalue weighted by molar-refractivity contribution is -0.140. The lowest BCUT2D eigenvalue weighted by atomic mass is 10.1. The summed E-state index contributed by atoms with van der Waals surface area (Å²) in [5.41, 5.74) is 0. The van der Waals surface area contributed by atoms with E-state index in [4.69, 9.17) is 9.47 Å². The third-order valence-corrected chi connectivity index (χ3v) is 3.90. The lowest BCUT2D eigenvalue weighted by Gasteiger charge is -2.07. The van der Waals surface area contributed by atoms with E-state index in [0.29, 0.717) is 13.0 Å². The van der Waals surface area contributed by atoms with Gasteiger partial charge >= 0.3 is 5.97 Å². The van der Waals surface area contributed by atoms with E-state index in [1.165, 1.54) is 39.2 Å². The summed E-state index contributed by atoms with van der Waals surface area (Å²) < 4.78 is 15.9. The Hall–Kier alpha value is -1.13. The Kier molecular flexibility index (Phi) is 11.5. The standard InChI is InChI=1S/C19H32O4/c1-3-4-5-6-7-8-9-10-11-15-19-22-16-17(23-19)13-12-14-18(20)21-2/h9-11,15,17,19H,3-8,12-14,16H2,1-2H3/b10-9+,15-11+. The number of hydrogen-bond acceptors (Lipinski definition) is 4. The Morgan fingerprint density at radius 3 is 2.78 bits per heavy atom. The van der Waals surface area contributed by atoms with E-state index in [0.717, 1.165) is 19.3 Å². The first-order valence-electron chi connectivity index (χ1n) is 8.93. The second-order valence-corrected chi connectivity index (χ2v) is 5.94. The molecule has 1 aliphatic heterocycles. The molecule has 132 valence electrons. The van der Waals surface area contributed by atoms with Gasteiger partial charge in [-0.2, -0.15) is 0 Å². The van der Waals surface area contributed by atoms with E-state index in [1.807, 2.05) is 12.2 Å². The average Bonchev–Trinajstić information content (AvgIpc) is 3.01. The van der Waals surface area contributed by atoms with Crippen molar-refractivity contribution >= 4 is 5.97 Å². The Morgan fingerprint density at radius 1 is 1.17 bits per heavy atom. The van der Waals surface area contributed by atoms with Gasteiger partial charge in [0.25, 0.3) is 0 Å². The Balaban J connectivity index is 2.04. The molecule has 0 aromatic heterocycles. The molecule has 2 unspecified atom stereocenters. The van der Waals surface area contributed by atoms with Gasteiger partial charge in [-0.3, -0.25) is 4.79 Å². The van der Waals surface area contributed by atoms with E-state index in [9.17, 15) is 4.79 Å². The van der Waals surface area contributed by atoms with Gasteiger partial charge in [0, 0.05) is 6.42 Å². The van der Waals surface area contributed by atoms with Crippen molar-refractivity contribution in [1.82, 2.24) is 0 Å². The maximum absolute atomic E-state index is 11.0. The van der Waals surface area contributed by atoms with E-state index in [1.54, 1.807) is 0 Å². The van der Waals surface area contributed by atoms with Gasteiger partial charge in [-0.1, -0.05) is 50.8 Å². The molecule has 4 heteroatoms. The quantitative estimate of drug-likeness (QED) is 0.300. The number of carbonyl (C=O) groups is 1. The second-order valence-electron chi connectivity index (χ2n) is 5.94. The summed E-state index contributed by atoms with van der Waals surface area (Å²) in [4.78, 5) is 11.0. The van der Waals surface area contributed by atoms with E-state index >= 15 is 0 Å². The molecule has 0 saturated carbocycles. The largest absolute Gasteiger partial charge is 0.469 e. The van der Waals surface area contributed by atoms with Gasteiger partial charge in [-0.25, -0.2) is 0 Å². The zero-order chi connectivity index (χ0) is 16.8. The van der Waals surface area contributed by atoms with Gasteiger partial charge in [-0.05, 0) is 31.8 Å². The third-order valence-electron chi connectivity index (χ3n) is 3.90. The van der Waals surface area contributed by atoms with Gasteiger partial charge in [0.15, 0.2) is 6.29 Å². The number of rotatable bonds is 12. The molecule has 1 heterocycles. The highest BCUT2D eigenvalue weighted by molar-refractivity contribution is 5.68. The van der Waals surface area contributed by atoms with Crippen LogP contribution in [0, 0.1) is 0 Å².